The summed E-state index contributed by atoms with van der Waals surface area (Å²) < 4.78 is 37.6. The number of halogens is 1. The van der Waals surface area contributed by atoms with E-state index in [1.165, 1.54) is 24.5 Å². The Balaban J connectivity index is 1.86. The van der Waals surface area contributed by atoms with Gasteiger partial charge in [-0.15, -0.1) is 0 Å². The molecule has 0 N–H and O–H groups in total. The van der Waals surface area contributed by atoms with Crippen molar-refractivity contribution in [3.8, 4) is 0 Å². The van der Waals surface area contributed by atoms with E-state index >= 15 is 0 Å². The summed E-state index contributed by atoms with van der Waals surface area (Å²) in [5, 5.41) is 0.918. The van der Waals surface area contributed by atoms with Crippen molar-refractivity contribution in [2.24, 2.45) is 0 Å². The molecule has 1 saturated heterocycles. The average Bonchev–Trinajstić information content (AvgIpc) is 3.26. The maximum absolute atomic E-state index is 12.8. The second-order valence-corrected chi connectivity index (χ2v) is 7.46. The largest absolute Gasteiger partial charge is 0.346 e. The summed E-state index contributed by atoms with van der Waals surface area (Å²) in [5.74, 6) is 0. The molecular weight excluding hydrogens is 352 g/mol. The van der Waals surface area contributed by atoms with Gasteiger partial charge in [-0.3, -0.25) is 0 Å². The number of pyridine rings is 1. The molecule has 0 unspecified atom stereocenters. The van der Waals surface area contributed by atoms with Crippen molar-refractivity contribution in [3.05, 3.63) is 59.4 Å². The van der Waals surface area contributed by atoms with Gasteiger partial charge in [0.05, 0.1) is 23.1 Å². The topological polar surface area (TPSA) is 70.4 Å². The zero-order valence-corrected chi connectivity index (χ0v) is 14.0. The van der Waals surface area contributed by atoms with Crippen LogP contribution in [-0.4, -0.2) is 30.6 Å². The van der Waals surface area contributed by atoms with E-state index < -0.39 is 16.3 Å². The lowest BCUT2D eigenvalue weighted by molar-refractivity contribution is -0.0441. The first kappa shape index (κ1) is 15.6. The molecule has 3 heterocycles. The minimum Gasteiger partial charge on any atom is -0.346 e. The Kier molecular flexibility index (Phi) is 3.80. The summed E-state index contributed by atoms with van der Waals surface area (Å²) >= 11 is 6.42. The molecule has 4 rings (SSSR count). The average molecular weight is 365 g/mol. The number of fused-ring (bicyclic) bond motifs is 1. The fourth-order valence-corrected chi connectivity index (χ4v) is 4.26. The van der Waals surface area contributed by atoms with Crippen molar-refractivity contribution >= 4 is 32.7 Å². The summed E-state index contributed by atoms with van der Waals surface area (Å²) in [4.78, 5) is 4.46. The molecule has 1 fully saturated rings. The van der Waals surface area contributed by atoms with Crippen LogP contribution in [0.3, 0.4) is 0 Å². The Morgan fingerprint density at radius 2 is 1.83 bits per heavy atom. The molecule has 0 spiro atoms. The van der Waals surface area contributed by atoms with Crippen molar-refractivity contribution in [2.45, 2.75) is 11.2 Å². The molecule has 0 aliphatic carbocycles. The van der Waals surface area contributed by atoms with Crippen LogP contribution in [0, 0.1) is 0 Å². The maximum atomic E-state index is 12.8. The third-order valence-electron chi connectivity index (χ3n) is 3.82. The number of benzene rings is 1. The lowest BCUT2D eigenvalue weighted by atomic mass is 10.2. The third kappa shape index (κ3) is 2.41. The molecule has 0 amide bonds. The standard InChI is InChI=1S/C16H13ClN2O4S/c17-14-12-6-7-19(24(20,21)11-4-2-1-3-5-11)15(12)18-10-13(14)16-22-8-9-23-16/h1-7,10,16H,8-9H2. The van der Waals surface area contributed by atoms with E-state index in [9.17, 15) is 8.42 Å². The van der Waals surface area contributed by atoms with E-state index in [0.717, 1.165) is 3.97 Å². The van der Waals surface area contributed by atoms with Gasteiger partial charge < -0.3 is 9.47 Å². The summed E-state index contributed by atoms with van der Waals surface area (Å²) in [5.41, 5.74) is 0.863. The van der Waals surface area contributed by atoms with Crippen LogP contribution >= 0.6 is 11.6 Å². The predicted molar refractivity (Wildman–Crippen MR) is 88.4 cm³/mol. The minimum atomic E-state index is -3.74. The van der Waals surface area contributed by atoms with E-state index in [-0.39, 0.29) is 10.5 Å². The number of hydrogen-bond acceptors (Lipinski definition) is 5. The van der Waals surface area contributed by atoms with Crippen molar-refractivity contribution in [3.63, 3.8) is 0 Å². The maximum Gasteiger partial charge on any atom is 0.269 e. The molecule has 0 saturated carbocycles. The van der Waals surface area contributed by atoms with Crippen LogP contribution < -0.4 is 0 Å². The monoisotopic (exact) mass is 364 g/mol. The van der Waals surface area contributed by atoms with E-state index in [1.54, 1.807) is 24.3 Å². The third-order valence-corrected chi connectivity index (χ3v) is 5.92. The Hall–Kier alpha value is -1.93. The van der Waals surface area contributed by atoms with Crippen molar-refractivity contribution < 1.29 is 17.9 Å². The zero-order chi connectivity index (χ0) is 16.7. The number of aromatic nitrogens is 2. The summed E-state index contributed by atoms with van der Waals surface area (Å²) in [6.07, 6.45) is 2.38. The van der Waals surface area contributed by atoms with Gasteiger partial charge in [-0.05, 0) is 18.2 Å². The molecular formula is C16H13ClN2O4S. The number of hydrogen-bond donors (Lipinski definition) is 0. The number of rotatable bonds is 3. The molecule has 124 valence electrons. The molecule has 3 aromatic rings. The molecule has 2 aromatic heterocycles. The van der Waals surface area contributed by atoms with Gasteiger partial charge >= 0.3 is 0 Å². The fraction of sp³-hybridized carbons (Fsp3) is 0.188. The molecule has 0 bridgehead atoms. The Bertz CT molecular complexity index is 996. The Labute approximate surface area is 143 Å². The lowest BCUT2D eigenvalue weighted by Crippen LogP contribution is -2.12. The first-order chi connectivity index (χ1) is 11.6. The zero-order valence-electron chi connectivity index (χ0n) is 12.4. The molecule has 1 aliphatic rings. The molecule has 24 heavy (non-hydrogen) atoms. The van der Waals surface area contributed by atoms with Gasteiger partial charge in [-0.2, -0.15) is 0 Å². The first-order valence-electron chi connectivity index (χ1n) is 7.28. The van der Waals surface area contributed by atoms with Crippen LogP contribution in [0.2, 0.25) is 5.02 Å². The van der Waals surface area contributed by atoms with Crippen molar-refractivity contribution in [1.29, 1.82) is 0 Å². The Morgan fingerprint density at radius 3 is 2.54 bits per heavy atom. The second kappa shape index (κ2) is 5.86. The number of ether oxygens (including phenoxy) is 2. The molecule has 1 aromatic carbocycles. The fourth-order valence-electron chi connectivity index (χ4n) is 2.65. The highest BCUT2D eigenvalue weighted by Gasteiger charge is 2.25. The quantitative estimate of drug-likeness (QED) is 0.714. The van der Waals surface area contributed by atoms with Gasteiger partial charge in [0.15, 0.2) is 11.9 Å². The van der Waals surface area contributed by atoms with E-state index in [0.29, 0.717) is 29.2 Å². The lowest BCUT2D eigenvalue weighted by Gasteiger charge is -2.12. The minimum absolute atomic E-state index is 0.187. The highest BCUT2D eigenvalue weighted by atomic mass is 35.5. The van der Waals surface area contributed by atoms with Gasteiger partial charge in [0.1, 0.15) is 0 Å². The molecule has 6 nitrogen and oxygen atoms in total. The number of nitrogens with zero attached hydrogens (tertiary/aromatic N) is 2. The Morgan fingerprint density at radius 1 is 1.12 bits per heavy atom. The van der Waals surface area contributed by atoms with Crippen LogP contribution in [0.1, 0.15) is 11.9 Å². The molecule has 1 aliphatic heterocycles. The van der Waals surface area contributed by atoms with E-state index in [2.05, 4.69) is 4.98 Å². The normalized spacial score (nSPS) is 16.0. The van der Waals surface area contributed by atoms with Gasteiger partial charge in [0, 0.05) is 23.3 Å². The highest BCUT2D eigenvalue weighted by molar-refractivity contribution is 7.90. The van der Waals surface area contributed by atoms with E-state index in [4.69, 9.17) is 21.1 Å². The molecule has 0 atom stereocenters. The van der Waals surface area contributed by atoms with Crippen LogP contribution in [0.4, 0.5) is 0 Å². The van der Waals surface area contributed by atoms with Crippen LogP contribution in [0.15, 0.2) is 53.7 Å². The van der Waals surface area contributed by atoms with Crippen molar-refractivity contribution in [2.75, 3.05) is 13.2 Å². The molecule has 8 heteroatoms. The predicted octanol–water partition coefficient (Wildman–Crippen LogP) is 2.97. The summed E-state index contributed by atoms with van der Waals surface area (Å²) in [7, 11) is -3.74. The first-order valence-corrected chi connectivity index (χ1v) is 9.10. The SMILES string of the molecule is O=S(=O)(c1ccccc1)n1ccc2c(Cl)c(C3OCCO3)cnc21. The van der Waals surface area contributed by atoms with Crippen molar-refractivity contribution in [1.82, 2.24) is 8.96 Å². The summed E-state index contributed by atoms with van der Waals surface area (Å²) in [6, 6.07) is 9.81. The van der Waals surface area contributed by atoms with Gasteiger partial charge in [-0.1, -0.05) is 29.8 Å². The van der Waals surface area contributed by atoms with Gasteiger partial charge in [-0.25, -0.2) is 17.4 Å². The van der Waals surface area contributed by atoms with Gasteiger partial charge in [0.2, 0.25) is 0 Å². The van der Waals surface area contributed by atoms with Gasteiger partial charge in [0.25, 0.3) is 10.0 Å². The van der Waals surface area contributed by atoms with E-state index in [1.807, 2.05) is 0 Å². The second-order valence-electron chi connectivity index (χ2n) is 5.27. The smallest absolute Gasteiger partial charge is 0.269 e. The summed E-state index contributed by atoms with van der Waals surface area (Å²) in [6.45, 7) is 0.977. The highest BCUT2D eigenvalue weighted by Crippen LogP contribution is 2.34. The van der Waals surface area contributed by atoms with Crippen LogP contribution in [0.25, 0.3) is 11.0 Å². The molecule has 0 radical (unpaired) electrons. The van der Waals surface area contributed by atoms with Crippen LogP contribution in [0.5, 0.6) is 0 Å². The van der Waals surface area contributed by atoms with Crippen LogP contribution in [-0.2, 0) is 19.5 Å².